The van der Waals surface area contributed by atoms with Crippen LogP contribution >= 0.6 is 0 Å². The number of para-hydroxylation sites is 1. The summed E-state index contributed by atoms with van der Waals surface area (Å²) in [6, 6.07) is 12.3. The number of phenols is 2. The molecule has 0 aliphatic rings. The van der Waals surface area contributed by atoms with Crippen molar-refractivity contribution in [3.05, 3.63) is 54.1 Å². The molecule has 0 saturated heterocycles. The van der Waals surface area contributed by atoms with E-state index in [1.807, 2.05) is 0 Å². The molecule has 0 saturated carbocycles. The van der Waals surface area contributed by atoms with E-state index in [2.05, 4.69) is 0 Å². The van der Waals surface area contributed by atoms with Gasteiger partial charge in [0.1, 0.15) is 29.8 Å². The number of carboxylic acids is 1. The number of aliphatic carboxylic acids is 1. The number of aromatic hydroxyl groups is 2. The molecule has 0 heterocycles. The van der Waals surface area contributed by atoms with E-state index in [1.165, 1.54) is 18.2 Å². The van der Waals surface area contributed by atoms with Crippen molar-refractivity contribution < 1.29 is 24.9 Å². The van der Waals surface area contributed by atoms with E-state index in [9.17, 15) is 20.1 Å². The van der Waals surface area contributed by atoms with E-state index in [-0.39, 0.29) is 18.1 Å². The Bertz CT molecular complexity index is 609. The first-order valence-corrected chi connectivity index (χ1v) is 6.00. The molecule has 0 aromatic heterocycles. The van der Waals surface area contributed by atoms with Crippen molar-refractivity contribution in [1.82, 2.24) is 0 Å². The van der Waals surface area contributed by atoms with Gasteiger partial charge in [-0.1, -0.05) is 24.3 Å². The minimum Gasteiger partial charge on any atom is -0.508 e. The second-order valence-corrected chi connectivity index (χ2v) is 4.26. The summed E-state index contributed by atoms with van der Waals surface area (Å²) in [4.78, 5) is 11.3. The molecule has 104 valence electrons. The summed E-state index contributed by atoms with van der Waals surface area (Å²) in [5, 5.41) is 28.3. The molecule has 0 aliphatic heterocycles. The molecule has 0 radical (unpaired) electrons. The maximum Gasteiger partial charge on any atom is 0.314 e. The Balaban J connectivity index is 2.15. The maximum atomic E-state index is 11.3. The number of rotatable bonds is 5. The number of ether oxygens (including phenoxy) is 1. The van der Waals surface area contributed by atoms with Gasteiger partial charge in [-0.15, -0.1) is 0 Å². The van der Waals surface area contributed by atoms with Gasteiger partial charge in [0.25, 0.3) is 0 Å². The van der Waals surface area contributed by atoms with E-state index in [1.54, 1.807) is 30.3 Å². The second kappa shape index (κ2) is 5.97. The lowest BCUT2D eigenvalue weighted by molar-refractivity contribution is -0.139. The Hall–Kier alpha value is -2.69. The molecule has 0 aliphatic carbocycles. The van der Waals surface area contributed by atoms with Crippen LogP contribution in [0.4, 0.5) is 0 Å². The summed E-state index contributed by atoms with van der Waals surface area (Å²) >= 11 is 0. The Morgan fingerprint density at radius 2 is 1.85 bits per heavy atom. The molecule has 1 atom stereocenters. The molecule has 2 rings (SSSR count). The molecule has 2 aromatic carbocycles. The van der Waals surface area contributed by atoms with Crippen molar-refractivity contribution in [2.24, 2.45) is 0 Å². The predicted octanol–water partition coefficient (Wildman–Crippen LogP) is 2.35. The van der Waals surface area contributed by atoms with Gasteiger partial charge in [-0.3, -0.25) is 4.79 Å². The topological polar surface area (TPSA) is 87.0 Å². The van der Waals surface area contributed by atoms with Crippen LogP contribution in [0, 0.1) is 0 Å². The smallest absolute Gasteiger partial charge is 0.314 e. The highest BCUT2D eigenvalue weighted by molar-refractivity contribution is 5.77. The molecule has 1 unspecified atom stereocenters. The molecule has 0 fully saturated rings. The molecule has 3 N–H and O–H groups in total. The van der Waals surface area contributed by atoms with Crippen molar-refractivity contribution in [3.8, 4) is 17.2 Å². The lowest BCUT2D eigenvalue weighted by atomic mass is 9.99. The summed E-state index contributed by atoms with van der Waals surface area (Å²) in [5.41, 5.74) is 0.292. The zero-order chi connectivity index (χ0) is 14.5. The van der Waals surface area contributed by atoms with Gasteiger partial charge >= 0.3 is 5.97 Å². The number of carboxylic acid groups (broad SMARTS) is 1. The first kappa shape index (κ1) is 13.7. The van der Waals surface area contributed by atoms with Gasteiger partial charge in [0, 0.05) is 11.6 Å². The Kier molecular flexibility index (Phi) is 4.10. The van der Waals surface area contributed by atoms with E-state index in [0.717, 1.165) is 0 Å². The van der Waals surface area contributed by atoms with Crippen molar-refractivity contribution in [2.75, 3.05) is 6.61 Å². The van der Waals surface area contributed by atoms with Crippen LogP contribution in [0.25, 0.3) is 0 Å². The van der Waals surface area contributed by atoms with Crippen LogP contribution in [0.1, 0.15) is 11.5 Å². The van der Waals surface area contributed by atoms with E-state index < -0.39 is 11.9 Å². The van der Waals surface area contributed by atoms with Crippen LogP contribution in [0.3, 0.4) is 0 Å². The molecule has 0 amide bonds. The predicted molar refractivity (Wildman–Crippen MR) is 72.1 cm³/mol. The standard InChI is InChI=1S/C15H14O5/c16-10-4-3-5-11(8-10)20-9-13(15(18)19)12-6-1-2-7-14(12)17/h1-8,13,16-17H,9H2,(H,18,19). The van der Waals surface area contributed by atoms with Crippen molar-refractivity contribution in [1.29, 1.82) is 0 Å². The monoisotopic (exact) mass is 274 g/mol. The van der Waals surface area contributed by atoms with Crippen LogP contribution in [0.5, 0.6) is 17.2 Å². The first-order valence-electron chi connectivity index (χ1n) is 6.00. The molecule has 0 bridgehead atoms. The Morgan fingerprint density at radius 3 is 2.50 bits per heavy atom. The number of carbonyl (C=O) groups is 1. The zero-order valence-corrected chi connectivity index (χ0v) is 10.6. The number of phenolic OH excluding ortho intramolecular Hbond substituents is 2. The van der Waals surface area contributed by atoms with Crippen LogP contribution < -0.4 is 4.74 Å². The largest absolute Gasteiger partial charge is 0.508 e. The summed E-state index contributed by atoms with van der Waals surface area (Å²) in [6.45, 7) is -0.143. The fraction of sp³-hybridized carbons (Fsp3) is 0.133. The number of benzene rings is 2. The third-order valence-corrected chi connectivity index (χ3v) is 2.84. The molecule has 2 aromatic rings. The molecular formula is C15H14O5. The minimum absolute atomic E-state index is 0.0388. The summed E-state index contributed by atoms with van der Waals surface area (Å²) in [6.07, 6.45) is 0. The van der Waals surface area contributed by atoms with Gasteiger partial charge in [-0.25, -0.2) is 0 Å². The molecule has 5 heteroatoms. The van der Waals surface area contributed by atoms with Crippen LogP contribution in [-0.4, -0.2) is 27.9 Å². The highest BCUT2D eigenvalue weighted by Gasteiger charge is 2.23. The van der Waals surface area contributed by atoms with Gasteiger partial charge in [-0.2, -0.15) is 0 Å². The van der Waals surface area contributed by atoms with Crippen molar-refractivity contribution >= 4 is 5.97 Å². The Morgan fingerprint density at radius 1 is 1.10 bits per heavy atom. The average Bonchev–Trinajstić information content (AvgIpc) is 2.40. The highest BCUT2D eigenvalue weighted by atomic mass is 16.5. The van der Waals surface area contributed by atoms with E-state index in [4.69, 9.17) is 4.74 Å². The maximum absolute atomic E-state index is 11.3. The molecular weight excluding hydrogens is 260 g/mol. The normalized spacial score (nSPS) is 11.8. The quantitative estimate of drug-likeness (QED) is 0.779. The van der Waals surface area contributed by atoms with Gasteiger partial charge in [-0.05, 0) is 18.2 Å². The SMILES string of the molecule is O=C(O)C(COc1cccc(O)c1)c1ccccc1O. The fourth-order valence-corrected chi connectivity index (χ4v) is 1.83. The average molecular weight is 274 g/mol. The number of hydrogen-bond acceptors (Lipinski definition) is 4. The van der Waals surface area contributed by atoms with Gasteiger partial charge in [0.05, 0.1) is 0 Å². The van der Waals surface area contributed by atoms with Crippen molar-refractivity contribution in [2.45, 2.75) is 5.92 Å². The van der Waals surface area contributed by atoms with Crippen LogP contribution in [0.15, 0.2) is 48.5 Å². The van der Waals surface area contributed by atoms with Gasteiger partial charge in [0.15, 0.2) is 0 Å². The molecule has 5 nitrogen and oxygen atoms in total. The highest BCUT2D eigenvalue weighted by Crippen LogP contribution is 2.27. The third-order valence-electron chi connectivity index (χ3n) is 2.84. The van der Waals surface area contributed by atoms with Crippen LogP contribution in [0.2, 0.25) is 0 Å². The van der Waals surface area contributed by atoms with Crippen molar-refractivity contribution in [3.63, 3.8) is 0 Å². The van der Waals surface area contributed by atoms with E-state index >= 15 is 0 Å². The summed E-state index contributed by atoms with van der Waals surface area (Å²) < 4.78 is 5.37. The lowest BCUT2D eigenvalue weighted by Gasteiger charge is -2.15. The zero-order valence-electron chi connectivity index (χ0n) is 10.6. The third kappa shape index (κ3) is 3.20. The van der Waals surface area contributed by atoms with E-state index in [0.29, 0.717) is 11.3 Å². The molecule has 20 heavy (non-hydrogen) atoms. The number of hydrogen-bond donors (Lipinski definition) is 3. The van der Waals surface area contributed by atoms with Gasteiger partial charge < -0.3 is 20.1 Å². The molecule has 0 spiro atoms. The fourth-order valence-electron chi connectivity index (χ4n) is 1.83. The summed E-state index contributed by atoms with van der Waals surface area (Å²) in [7, 11) is 0. The Labute approximate surface area is 115 Å². The first-order chi connectivity index (χ1) is 9.58. The minimum atomic E-state index is -1.09. The van der Waals surface area contributed by atoms with Crippen LogP contribution in [-0.2, 0) is 4.79 Å². The second-order valence-electron chi connectivity index (χ2n) is 4.26. The lowest BCUT2D eigenvalue weighted by Crippen LogP contribution is -2.19. The van der Waals surface area contributed by atoms with Gasteiger partial charge in [0.2, 0.25) is 0 Å². The summed E-state index contributed by atoms with van der Waals surface area (Å²) in [5.74, 6) is -1.76.